The maximum Gasteiger partial charge on any atom is 0.132 e. The third-order valence-corrected chi connectivity index (χ3v) is 1.83. The van der Waals surface area contributed by atoms with Gasteiger partial charge in [-0.15, -0.1) is 0 Å². The number of aromatic nitrogens is 2. The van der Waals surface area contributed by atoms with Gasteiger partial charge < -0.3 is 15.0 Å². The summed E-state index contributed by atoms with van der Waals surface area (Å²) in [5, 5.41) is 3.34. The van der Waals surface area contributed by atoms with Crippen LogP contribution in [-0.2, 0) is 17.9 Å². The van der Waals surface area contributed by atoms with Crippen molar-refractivity contribution in [2.24, 2.45) is 5.92 Å². The van der Waals surface area contributed by atoms with Crippen LogP contribution >= 0.6 is 0 Å². The van der Waals surface area contributed by atoms with E-state index in [1.807, 2.05) is 6.20 Å². The van der Waals surface area contributed by atoms with Crippen LogP contribution in [0.5, 0.6) is 0 Å². The summed E-state index contributed by atoms with van der Waals surface area (Å²) in [5.41, 5.74) is 1.11. The van der Waals surface area contributed by atoms with Crippen LogP contribution in [0.15, 0.2) is 6.20 Å². The number of nitrogens with one attached hydrogen (secondary N) is 2. The van der Waals surface area contributed by atoms with Gasteiger partial charge >= 0.3 is 0 Å². The topological polar surface area (TPSA) is 49.9 Å². The number of imidazole rings is 1. The molecule has 0 saturated carbocycles. The van der Waals surface area contributed by atoms with Crippen LogP contribution in [0.25, 0.3) is 0 Å². The van der Waals surface area contributed by atoms with Gasteiger partial charge in [-0.25, -0.2) is 4.98 Å². The molecule has 0 atom stereocenters. The summed E-state index contributed by atoms with van der Waals surface area (Å²) in [5.74, 6) is 1.56. The molecule has 0 radical (unpaired) electrons. The van der Waals surface area contributed by atoms with Crippen LogP contribution in [0.2, 0.25) is 0 Å². The summed E-state index contributed by atoms with van der Waals surface area (Å²) in [6, 6.07) is 0. The fourth-order valence-corrected chi connectivity index (χ4v) is 1.20. The SMILES string of the molecule is COCc1ncc(CNCC(C)C)[nH]1. The molecule has 0 saturated heterocycles. The molecule has 0 spiro atoms. The molecule has 1 aromatic heterocycles. The van der Waals surface area contributed by atoms with Crippen molar-refractivity contribution in [3.63, 3.8) is 0 Å². The van der Waals surface area contributed by atoms with Crippen LogP contribution in [0.3, 0.4) is 0 Å². The second kappa shape index (κ2) is 5.78. The summed E-state index contributed by atoms with van der Waals surface area (Å²) in [4.78, 5) is 7.37. The van der Waals surface area contributed by atoms with E-state index in [9.17, 15) is 0 Å². The number of hydrogen-bond donors (Lipinski definition) is 2. The van der Waals surface area contributed by atoms with Crippen molar-refractivity contribution >= 4 is 0 Å². The van der Waals surface area contributed by atoms with Gasteiger partial charge in [0.25, 0.3) is 0 Å². The van der Waals surface area contributed by atoms with Gasteiger partial charge in [0.15, 0.2) is 0 Å². The van der Waals surface area contributed by atoms with Crippen LogP contribution < -0.4 is 5.32 Å². The van der Waals surface area contributed by atoms with Crippen molar-refractivity contribution in [1.29, 1.82) is 0 Å². The molecule has 1 heterocycles. The zero-order chi connectivity index (χ0) is 10.4. The molecule has 4 heteroatoms. The lowest BCUT2D eigenvalue weighted by Gasteiger charge is -2.05. The molecule has 0 aliphatic rings. The van der Waals surface area contributed by atoms with E-state index in [1.54, 1.807) is 7.11 Å². The zero-order valence-corrected chi connectivity index (χ0v) is 9.13. The van der Waals surface area contributed by atoms with E-state index in [0.717, 1.165) is 24.6 Å². The van der Waals surface area contributed by atoms with Gasteiger partial charge in [-0.2, -0.15) is 0 Å². The predicted octanol–water partition coefficient (Wildman–Crippen LogP) is 1.30. The predicted molar refractivity (Wildman–Crippen MR) is 55.8 cm³/mol. The first-order valence-electron chi connectivity index (χ1n) is 4.94. The lowest BCUT2D eigenvalue weighted by molar-refractivity contribution is 0.178. The Bertz CT molecular complexity index is 258. The normalized spacial score (nSPS) is 11.1. The molecule has 0 aliphatic carbocycles. The number of hydrogen-bond acceptors (Lipinski definition) is 3. The average Bonchev–Trinajstić information content (AvgIpc) is 2.53. The van der Waals surface area contributed by atoms with Gasteiger partial charge in [0.1, 0.15) is 12.4 Å². The largest absolute Gasteiger partial charge is 0.377 e. The molecule has 1 rings (SSSR count). The Labute approximate surface area is 85.1 Å². The Balaban J connectivity index is 2.28. The molecule has 0 unspecified atom stereocenters. The smallest absolute Gasteiger partial charge is 0.132 e. The lowest BCUT2D eigenvalue weighted by atomic mass is 10.2. The van der Waals surface area contributed by atoms with Crippen LogP contribution in [-0.4, -0.2) is 23.6 Å². The maximum absolute atomic E-state index is 4.97. The van der Waals surface area contributed by atoms with Crippen molar-refractivity contribution < 1.29 is 4.74 Å². The molecule has 1 aromatic rings. The van der Waals surface area contributed by atoms with E-state index in [0.29, 0.717) is 12.5 Å². The first kappa shape index (κ1) is 11.2. The fraction of sp³-hybridized carbons (Fsp3) is 0.700. The summed E-state index contributed by atoms with van der Waals surface area (Å²) in [6.45, 7) is 6.80. The molecule has 0 aliphatic heterocycles. The van der Waals surface area contributed by atoms with E-state index in [2.05, 4.69) is 29.1 Å². The highest BCUT2D eigenvalue weighted by Gasteiger charge is 1.99. The minimum Gasteiger partial charge on any atom is -0.377 e. The van der Waals surface area contributed by atoms with Crippen molar-refractivity contribution in [3.05, 3.63) is 17.7 Å². The quantitative estimate of drug-likeness (QED) is 0.722. The lowest BCUT2D eigenvalue weighted by Crippen LogP contribution is -2.19. The van der Waals surface area contributed by atoms with Crippen LogP contribution in [0, 0.1) is 5.92 Å². The Kier molecular flexibility index (Phi) is 4.62. The minimum atomic E-state index is 0.546. The first-order chi connectivity index (χ1) is 6.72. The van der Waals surface area contributed by atoms with Crippen molar-refractivity contribution in [1.82, 2.24) is 15.3 Å². The van der Waals surface area contributed by atoms with Crippen molar-refractivity contribution in [3.8, 4) is 0 Å². The third-order valence-electron chi connectivity index (χ3n) is 1.83. The first-order valence-corrected chi connectivity index (χ1v) is 4.94. The van der Waals surface area contributed by atoms with Gasteiger partial charge in [-0.05, 0) is 12.5 Å². The molecule has 80 valence electrons. The molecule has 0 fully saturated rings. The van der Waals surface area contributed by atoms with E-state index in [-0.39, 0.29) is 0 Å². The van der Waals surface area contributed by atoms with Gasteiger partial charge in [0.05, 0.1) is 0 Å². The second-order valence-electron chi connectivity index (χ2n) is 3.81. The molecule has 0 amide bonds. The molecule has 0 bridgehead atoms. The molecular weight excluding hydrogens is 178 g/mol. The van der Waals surface area contributed by atoms with Gasteiger partial charge in [0.2, 0.25) is 0 Å². The van der Waals surface area contributed by atoms with E-state index in [4.69, 9.17) is 4.74 Å². The van der Waals surface area contributed by atoms with Gasteiger partial charge in [0, 0.05) is 25.5 Å². The number of aromatic amines is 1. The molecule has 2 N–H and O–H groups in total. The number of ether oxygens (including phenoxy) is 1. The summed E-state index contributed by atoms with van der Waals surface area (Å²) in [6.07, 6.45) is 1.85. The van der Waals surface area contributed by atoms with Crippen molar-refractivity contribution in [2.75, 3.05) is 13.7 Å². The summed E-state index contributed by atoms with van der Waals surface area (Å²) >= 11 is 0. The van der Waals surface area contributed by atoms with Gasteiger partial charge in [-0.3, -0.25) is 0 Å². The summed E-state index contributed by atoms with van der Waals surface area (Å²) < 4.78 is 4.97. The maximum atomic E-state index is 4.97. The minimum absolute atomic E-state index is 0.546. The average molecular weight is 197 g/mol. The zero-order valence-electron chi connectivity index (χ0n) is 9.13. The molecular formula is C10H19N3O. The Morgan fingerprint density at radius 2 is 2.36 bits per heavy atom. The summed E-state index contributed by atoms with van der Waals surface area (Å²) in [7, 11) is 1.67. The number of nitrogens with zero attached hydrogens (tertiary/aromatic N) is 1. The second-order valence-corrected chi connectivity index (χ2v) is 3.81. The van der Waals surface area contributed by atoms with Crippen molar-refractivity contribution in [2.45, 2.75) is 27.0 Å². The van der Waals surface area contributed by atoms with E-state index in [1.165, 1.54) is 0 Å². The Hall–Kier alpha value is -0.870. The molecule has 0 aromatic carbocycles. The van der Waals surface area contributed by atoms with Gasteiger partial charge in [-0.1, -0.05) is 13.8 Å². The Morgan fingerprint density at radius 3 is 3.00 bits per heavy atom. The fourth-order valence-electron chi connectivity index (χ4n) is 1.20. The number of methoxy groups -OCH3 is 1. The van der Waals surface area contributed by atoms with Crippen LogP contribution in [0.1, 0.15) is 25.4 Å². The Morgan fingerprint density at radius 1 is 1.57 bits per heavy atom. The monoisotopic (exact) mass is 197 g/mol. The third kappa shape index (κ3) is 3.89. The standard InChI is InChI=1S/C10H19N3O/c1-8(2)4-11-5-9-6-12-10(13-9)7-14-3/h6,8,11H,4-5,7H2,1-3H3,(H,12,13). The van der Waals surface area contributed by atoms with Crippen LogP contribution in [0.4, 0.5) is 0 Å². The number of rotatable bonds is 6. The highest BCUT2D eigenvalue weighted by Crippen LogP contribution is 1.98. The highest BCUT2D eigenvalue weighted by molar-refractivity contribution is 5.00. The highest BCUT2D eigenvalue weighted by atomic mass is 16.5. The van der Waals surface area contributed by atoms with E-state index < -0.39 is 0 Å². The molecule has 4 nitrogen and oxygen atoms in total. The van der Waals surface area contributed by atoms with E-state index >= 15 is 0 Å². The number of H-pyrrole nitrogens is 1. The molecule has 14 heavy (non-hydrogen) atoms.